The largest absolute Gasteiger partial charge is 0.374 e. The highest BCUT2D eigenvalue weighted by molar-refractivity contribution is 4.82. The van der Waals surface area contributed by atoms with Gasteiger partial charge >= 0.3 is 0 Å². The molecular formula is C14H28N2O. The van der Waals surface area contributed by atoms with Gasteiger partial charge in [-0.3, -0.25) is 4.90 Å². The second-order valence-corrected chi connectivity index (χ2v) is 5.72. The van der Waals surface area contributed by atoms with Gasteiger partial charge in [0.15, 0.2) is 0 Å². The van der Waals surface area contributed by atoms with Gasteiger partial charge < -0.3 is 10.5 Å². The number of ether oxygens (including phenoxy) is 1. The first-order chi connectivity index (χ1) is 8.29. The molecule has 0 amide bonds. The van der Waals surface area contributed by atoms with E-state index in [1.807, 2.05) is 0 Å². The monoisotopic (exact) mass is 240 g/mol. The summed E-state index contributed by atoms with van der Waals surface area (Å²) in [6, 6.07) is 0.807. The molecule has 3 nitrogen and oxygen atoms in total. The molecule has 1 saturated heterocycles. The van der Waals surface area contributed by atoms with E-state index in [0.29, 0.717) is 12.2 Å². The van der Waals surface area contributed by atoms with Crippen LogP contribution in [0.3, 0.4) is 0 Å². The van der Waals surface area contributed by atoms with Gasteiger partial charge in [-0.05, 0) is 52.1 Å². The lowest BCUT2D eigenvalue weighted by atomic mass is 10.1. The van der Waals surface area contributed by atoms with E-state index in [-0.39, 0.29) is 0 Å². The van der Waals surface area contributed by atoms with E-state index in [2.05, 4.69) is 11.8 Å². The summed E-state index contributed by atoms with van der Waals surface area (Å²) in [5.74, 6) is 0. The molecule has 1 saturated carbocycles. The fourth-order valence-corrected chi connectivity index (χ4v) is 3.27. The van der Waals surface area contributed by atoms with Crippen LogP contribution in [0.5, 0.6) is 0 Å². The van der Waals surface area contributed by atoms with E-state index in [4.69, 9.17) is 10.5 Å². The van der Waals surface area contributed by atoms with Gasteiger partial charge in [-0.2, -0.15) is 0 Å². The predicted molar refractivity (Wildman–Crippen MR) is 71.1 cm³/mol. The van der Waals surface area contributed by atoms with E-state index >= 15 is 0 Å². The molecule has 17 heavy (non-hydrogen) atoms. The van der Waals surface area contributed by atoms with Gasteiger partial charge in [0, 0.05) is 12.6 Å². The van der Waals surface area contributed by atoms with E-state index in [1.165, 1.54) is 38.5 Å². The first-order valence-corrected chi connectivity index (χ1v) is 7.39. The topological polar surface area (TPSA) is 38.5 Å². The summed E-state index contributed by atoms with van der Waals surface area (Å²) in [4.78, 5) is 2.66. The van der Waals surface area contributed by atoms with Crippen LogP contribution in [0, 0.1) is 0 Å². The standard InChI is InChI=1S/C14H28N2O/c1-12-7-8-14(17-12)11-16(10-4-9-15)13-5-2-3-6-13/h12-14H,2-11,15H2,1H3. The molecule has 0 aromatic rings. The Labute approximate surface area is 106 Å². The highest BCUT2D eigenvalue weighted by Gasteiger charge is 2.28. The van der Waals surface area contributed by atoms with Crippen LogP contribution >= 0.6 is 0 Å². The fraction of sp³-hybridized carbons (Fsp3) is 1.00. The van der Waals surface area contributed by atoms with E-state index in [9.17, 15) is 0 Å². The first-order valence-electron chi connectivity index (χ1n) is 7.39. The minimum absolute atomic E-state index is 0.472. The number of hydrogen-bond acceptors (Lipinski definition) is 3. The van der Waals surface area contributed by atoms with Crippen LogP contribution in [0.15, 0.2) is 0 Å². The van der Waals surface area contributed by atoms with E-state index in [0.717, 1.165) is 32.1 Å². The Hall–Kier alpha value is -0.120. The maximum atomic E-state index is 5.96. The van der Waals surface area contributed by atoms with Crippen molar-refractivity contribution in [3.63, 3.8) is 0 Å². The maximum absolute atomic E-state index is 5.96. The summed E-state index contributed by atoms with van der Waals surface area (Å²) in [5.41, 5.74) is 5.65. The molecule has 1 aliphatic carbocycles. The maximum Gasteiger partial charge on any atom is 0.0706 e. The van der Waals surface area contributed by atoms with Crippen molar-refractivity contribution in [2.24, 2.45) is 5.73 Å². The molecule has 2 N–H and O–H groups in total. The molecule has 2 rings (SSSR count). The Balaban J connectivity index is 1.81. The number of nitrogens with zero attached hydrogens (tertiary/aromatic N) is 1. The summed E-state index contributed by atoms with van der Waals surface area (Å²) >= 11 is 0. The van der Waals surface area contributed by atoms with Crippen molar-refractivity contribution in [2.45, 2.75) is 70.1 Å². The van der Waals surface area contributed by atoms with Crippen molar-refractivity contribution in [3.05, 3.63) is 0 Å². The highest BCUT2D eigenvalue weighted by atomic mass is 16.5. The van der Waals surface area contributed by atoms with E-state index < -0.39 is 0 Å². The zero-order valence-electron chi connectivity index (χ0n) is 11.2. The molecule has 2 aliphatic rings. The summed E-state index contributed by atoms with van der Waals surface area (Å²) in [6.07, 6.45) is 10.1. The number of rotatable bonds is 6. The van der Waals surface area contributed by atoms with Crippen molar-refractivity contribution >= 4 is 0 Å². The fourth-order valence-electron chi connectivity index (χ4n) is 3.27. The molecule has 0 bridgehead atoms. The lowest BCUT2D eigenvalue weighted by molar-refractivity contribution is 0.0216. The Morgan fingerprint density at radius 2 is 1.94 bits per heavy atom. The molecular weight excluding hydrogens is 212 g/mol. The molecule has 2 unspecified atom stereocenters. The van der Waals surface area contributed by atoms with Gasteiger partial charge in [0.05, 0.1) is 12.2 Å². The lowest BCUT2D eigenvalue weighted by Gasteiger charge is -2.31. The van der Waals surface area contributed by atoms with Crippen molar-refractivity contribution < 1.29 is 4.74 Å². The van der Waals surface area contributed by atoms with Crippen molar-refractivity contribution in [3.8, 4) is 0 Å². The average Bonchev–Trinajstić information content (AvgIpc) is 2.95. The summed E-state index contributed by atoms with van der Waals surface area (Å²) in [6.45, 7) is 5.30. The van der Waals surface area contributed by atoms with Crippen LogP contribution in [0.1, 0.15) is 51.9 Å². The minimum Gasteiger partial charge on any atom is -0.374 e. The van der Waals surface area contributed by atoms with Crippen molar-refractivity contribution in [1.82, 2.24) is 4.90 Å². The van der Waals surface area contributed by atoms with Gasteiger partial charge in [-0.1, -0.05) is 12.8 Å². The lowest BCUT2D eigenvalue weighted by Crippen LogP contribution is -2.40. The molecule has 100 valence electrons. The van der Waals surface area contributed by atoms with Crippen LogP contribution in [0.25, 0.3) is 0 Å². The van der Waals surface area contributed by atoms with Crippen molar-refractivity contribution in [1.29, 1.82) is 0 Å². The third-order valence-corrected chi connectivity index (χ3v) is 4.25. The molecule has 1 heterocycles. The van der Waals surface area contributed by atoms with Gasteiger partial charge in [0.1, 0.15) is 0 Å². The third-order valence-electron chi connectivity index (χ3n) is 4.25. The SMILES string of the molecule is CC1CCC(CN(CCCN)C2CCCC2)O1. The molecule has 3 heteroatoms. The molecule has 2 fully saturated rings. The zero-order valence-corrected chi connectivity index (χ0v) is 11.2. The van der Waals surface area contributed by atoms with Crippen LogP contribution in [-0.2, 0) is 4.74 Å². The van der Waals surface area contributed by atoms with Crippen LogP contribution < -0.4 is 5.73 Å². The Kier molecular flexibility index (Phi) is 5.26. The van der Waals surface area contributed by atoms with Crippen LogP contribution in [-0.4, -0.2) is 42.8 Å². The molecule has 2 atom stereocenters. The minimum atomic E-state index is 0.472. The smallest absolute Gasteiger partial charge is 0.0706 e. The summed E-state index contributed by atoms with van der Waals surface area (Å²) in [7, 11) is 0. The normalized spacial score (nSPS) is 30.5. The van der Waals surface area contributed by atoms with Gasteiger partial charge in [0.2, 0.25) is 0 Å². The van der Waals surface area contributed by atoms with E-state index in [1.54, 1.807) is 0 Å². The number of nitrogens with two attached hydrogens (primary N) is 1. The Bertz CT molecular complexity index is 216. The zero-order chi connectivity index (χ0) is 12.1. The van der Waals surface area contributed by atoms with Gasteiger partial charge in [0.25, 0.3) is 0 Å². The molecule has 0 radical (unpaired) electrons. The highest BCUT2D eigenvalue weighted by Crippen LogP contribution is 2.26. The quantitative estimate of drug-likeness (QED) is 0.773. The molecule has 1 aliphatic heterocycles. The molecule has 0 aromatic carbocycles. The Morgan fingerprint density at radius 1 is 1.18 bits per heavy atom. The molecule has 0 spiro atoms. The van der Waals surface area contributed by atoms with Crippen LogP contribution in [0.2, 0.25) is 0 Å². The van der Waals surface area contributed by atoms with Gasteiger partial charge in [-0.15, -0.1) is 0 Å². The number of hydrogen-bond donors (Lipinski definition) is 1. The summed E-state index contributed by atoms with van der Waals surface area (Å²) in [5, 5.41) is 0. The second kappa shape index (κ2) is 6.72. The van der Waals surface area contributed by atoms with Gasteiger partial charge in [-0.25, -0.2) is 0 Å². The third kappa shape index (κ3) is 3.94. The predicted octanol–water partition coefficient (Wildman–Crippen LogP) is 2.15. The second-order valence-electron chi connectivity index (χ2n) is 5.72. The summed E-state index contributed by atoms with van der Waals surface area (Å²) < 4.78 is 5.96. The first kappa shape index (κ1) is 13.3. The van der Waals surface area contributed by atoms with Crippen molar-refractivity contribution in [2.75, 3.05) is 19.6 Å². The molecule has 0 aromatic heterocycles. The Morgan fingerprint density at radius 3 is 2.53 bits per heavy atom. The van der Waals surface area contributed by atoms with Crippen LogP contribution in [0.4, 0.5) is 0 Å². The average molecular weight is 240 g/mol.